The van der Waals surface area contributed by atoms with Crippen molar-refractivity contribution in [2.24, 2.45) is 0 Å². The van der Waals surface area contributed by atoms with E-state index in [0.29, 0.717) is 24.4 Å². The van der Waals surface area contributed by atoms with E-state index in [-0.39, 0.29) is 18.2 Å². The Balaban J connectivity index is 1.68. The van der Waals surface area contributed by atoms with Crippen LogP contribution in [0.1, 0.15) is 33.5 Å². The number of amides is 2. The minimum absolute atomic E-state index is 0.140. The van der Waals surface area contributed by atoms with E-state index >= 15 is 0 Å². The summed E-state index contributed by atoms with van der Waals surface area (Å²) in [4.78, 5) is 30.2. The summed E-state index contributed by atoms with van der Waals surface area (Å²) in [6, 6.07) is 5.35. The molecule has 7 heteroatoms. The van der Waals surface area contributed by atoms with Crippen molar-refractivity contribution in [2.45, 2.75) is 32.6 Å². The number of aromatic nitrogens is 1. The Morgan fingerprint density at radius 1 is 1.44 bits per heavy atom. The molecule has 25 heavy (non-hydrogen) atoms. The molecule has 132 valence electrons. The standard InChI is InChI=1S/C18H21N3O3S/c1-10-11(2)25-17(20-10)6-7-19-18(23)14-9-16(22)21-15-5-4-12(24-3)8-13(14)15/h4-5,8,14H,6-7,9H2,1-3H3,(H,19,23)(H,21,22)/t14-/m1/s1. The number of nitrogens with one attached hydrogen (secondary N) is 2. The molecule has 3 rings (SSSR count). The number of hydrogen-bond acceptors (Lipinski definition) is 5. The van der Waals surface area contributed by atoms with Crippen LogP contribution in [-0.2, 0) is 16.0 Å². The average Bonchev–Trinajstić information content (AvgIpc) is 2.91. The zero-order valence-electron chi connectivity index (χ0n) is 14.5. The van der Waals surface area contributed by atoms with E-state index in [1.54, 1.807) is 30.6 Å². The molecule has 1 aromatic heterocycles. The summed E-state index contributed by atoms with van der Waals surface area (Å²) in [7, 11) is 1.58. The monoisotopic (exact) mass is 359 g/mol. The Morgan fingerprint density at radius 2 is 2.24 bits per heavy atom. The summed E-state index contributed by atoms with van der Waals surface area (Å²) >= 11 is 1.65. The van der Waals surface area contributed by atoms with Crippen LogP contribution >= 0.6 is 11.3 Å². The van der Waals surface area contributed by atoms with Crippen LogP contribution in [0.4, 0.5) is 5.69 Å². The molecule has 2 amide bonds. The molecule has 2 aromatic rings. The van der Waals surface area contributed by atoms with Gasteiger partial charge in [0.2, 0.25) is 11.8 Å². The molecule has 0 unspecified atom stereocenters. The lowest BCUT2D eigenvalue weighted by Crippen LogP contribution is -2.36. The van der Waals surface area contributed by atoms with Gasteiger partial charge in [-0.05, 0) is 37.6 Å². The van der Waals surface area contributed by atoms with Gasteiger partial charge in [0.05, 0.1) is 23.7 Å². The zero-order valence-corrected chi connectivity index (χ0v) is 15.3. The minimum atomic E-state index is -0.501. The lowest BCUT2D eigenvalue weighted by atomic mass is 9.89. The predicted molar refractivity (Wildman–Crippen MR) is 97.3 cm³/mol. The summed E-state index contributed by atoms with van der Waals surface area (Å²) in [5, 5.41) is 6.75. The fourth-order valence-electron chi connectivity index (χ4n) is 2.86. The van der Waals surface area contributed by atoms with Crippen molar-refractivity contribution in [1.82, 2.24) is 10.3 Å². The van der Waals surface area contributed by atoms with Gasteiger partial charge >= 0.3 is 0 Å². The van der Waals surface area contributed by atoms with Crippen molar-refractivity contribution in [2.75, 3.05) is 19.0 Å². The first-order valence-electron chi connectivity index (χ1n) is 8.16. The van der Waals surface area contributed by atoms with Crippen LogP contribution < -0.4 is 15.4 Å². The number of hydrogen-bond donors (Lipinski definition) is 2. The molecule has 0 saturated carbocycles. The number of thiazole rings is 1. The van der Waals surface area contributed by atoms with E-state index in [2.05, 4.69) is 15.6 Å². The second kappa shape index (κ2) is 7.23. The highest BCUT2D eigenvalue weighted by Crippen LogP contribution is 2.35. The van der Waals surface area contributed by atoms with Crippen LogP contribution in [0.5, 0.6) is 5.75 Å². The van der Waals surface area contributed by atoms with Gasteiger partial charge in [0.25, 0.3) is 0 Å². The van der Waals surface area contributed by atoms with E-state index < -0.39 is 5.92 Å². The Hall–Kier alpha value is -2.41. The Kier molecular flexibility index (Phi) is 5.03. The number of carbonyl (C=O) groups is 2. The van der Waals surface area contributed by atoms with Crippen LogP contribution in [0.2, 0.25) is 0 Å². The molecule has 1 atom stereocenters. The number of rotatable bonds is 5. The third kappa shape index (κ3) is 3.82. The van der Waals surface area contributed by atoms with Gasteiger partial charge < -0.3 is 15.4 Å². The number of nitrogens with zero attached hydrogens (tertiary/aromatic N) is 1. The van der Waals surface area contributed by atoms with E-state index in [1.165, 1.54) is 4.88 Å². The molecule has 0 aliphatic carbocycles. The Labute approximate surface area is 150 Å². The molecular weight excluding hydrogens is 338 g/mol. The van der Waals surface area contributed by atoms with Gasteiger partial charge in [-0.2, -0.15) is 0 Å². The van der Waals surface area contributed by atoms with Gasteiger partial charge in [-0.15, -0.1) is 11.3 Å². The van der Waals surface area contributed by atoms with Crippen molar-refractivity contribution in [1.29, 1.82) is 0 Å². The number of carbonyl (C=O) groups excluding carboxylic acids is 2. The quantitative estimate of drug-likeness (QED) is 0.860. The summed E-state index contributed by atoms with van der Waals surface area (Å²) in [6.07, 6.45) is 0.830. The molecule has 2 N–H and O–H groups in total. The van der Waals surface area contributed by atoms with E-state index in [4.69, 9.17) is 4.74 Å². The van der Waals surface area contributed by atoms with Gasteiger partial charge in [-0.25, -0.2) is 4.98 Å². The van der Waals surface area contributed by atoms with E-state index in [1.807, 2.05) is 19.9 Å². The maximum atomic E-state index is 12.6. The van der Waals surface area contributed by atoms with Crippen molar-refractivity contribution in [3.05, 3.63) is 39.3 Å². The van der Waals surface area contributed by atoms with Gasteiger partial charge in [-0.3, -0.25) is 9.59 Å². The van der Waals surface area contributed by atoms with Crippen molar-refractivity contribution in [3.8, 4) is 5.75 Å². The number of fused-ring (bicyclic) bond motifs is 1. The second-order valence-corrected chi connectivity index (χ2v) is 7.34. The molecule has 2 heterocycles. The van der Waals surface area contributed by atoms with Crippen molar-refractivity contribution in [3.63, 3.8) is 0 Å². The lowest BCUT2D eigenvalue weighted by molar-refractivity contribution is -0.126. The summed E-state index contributed by atoms with van der Waals surface area (Å²) in [5.41, 5.74) is 2.50. The number of methoxy groups -OCH3 is 1. The summed E-state index contributed by atoms with van der Waals surface area (Å²) < 4.78 is 5.24. The topological polar surface area (TPSA) is 80.3 Å². The summed E-state index contributed by atoms with van der Waals surface area (Å²) in [6.45, 7) is 4.53. The van der Waals surface area contributed by atoms with Gasteiger partial charge in [0.15, 0.2) is 0 Å². The highest BCUT2D eigenvalue weighted by Gasteiger charge is 2.30. The number of ether oxygens (including phenoxy) is 1. The summed E-state index contributed by atoms with van der Waals surface area (Å²) in [5.74, 6) is -0.126. The normalized spacial score (nSPS) is 16.1. The van der Waals surface area contributed by atoms with Gasteiger partial charge in [0.1, 0.15) is 5.75 Å². The average molecular weight is 359 g/mol. The van der Waals surface area contributed by atoms with Crippen LogP contribution in [0.25, 0.3) is 0 Å². The molecule has 6 nitrogen and oxygen atoms in total. The zero-order chi connectivity index (χ0) is 18.0. The first kappa shape index (κ1) is 17.4. The first-order chi connectivity index (χ1) is 12.0. The maximum Gasteiger partial charge on any atom is 0.228 e. The highest BCUT2D eigenvalue weighted by atomic mass is 32.1. The third-order valence-electron chi connectivity index (χ3n) is 4.33. The first-order valence-corrected chi connectivity index (χ1v) is 8.98. The second-order valence-electron chi connectivity index (χ2n) is 6.05. The molecule has 0 spiro atoms. The highest BCUT2D eigenvalue weighted by molar-refractivity contribution is 7.11. The Bertz CT molecular complexity index is 796. The number of aryl methyl sites for hydroxylation is 2. The fraction of sp³-hybridized carbons (Fsp3) is 0.389. The molecule has 0 fully saturated rings. The van der Waals surface area contributed by atoms with Crippen LogP contribution in [0, 0.1) is 13.8 Å². The largest absolute Gasteiger partial charge is 0.497 e. The molecular formula is C18H21N3O3S. The van der Waals surface area contributed by atoms with Crippen LogP contribution in [0.15, 0.2) is 18.2 Å². The van der Waals surface area contributed by atoms with Gasteiger partial charge in [0, 0.05) is 30.0 Å². The maximum absolute atomic E-state index is 12.6. The Morgan fingerprint density at radius 3 is 2.92 bits per heavy atom. The smallest absolute Gasteiger partial charge is 0.228 e. The number of anilines is 1. The molecule has 0 radical (unpaired) electrons. The van der Waals surface area contributed by atoms with E-state index in [0.717, 1.165) is 16.3 Å². The van der Waals surface area contributed by atoms with Crippen molar-refractivity contribution < 1.29 is 14.3 Å². The fourth-order valence-corrected chi connectivity index (χ4v) is 3.80. The molecule has 1 aromatic carbocycles. The SMILES string of the molecule is COc1ccc2c(c1)[C@H](C(=O)NCCc1nc(C)c(C)s1)CC(=O)N2. The predicted octanol–water partition coefficient (Wildman–Crippen LogP) is 2.55. The van der Waals surface area contributed by atoms with Crippen LogP contribution in [0.3, 0.4) is 0 Å². The molecule has 1 aliphatic heterocycles. The molecule has 0 saturated heterocycles. The van der Waals surface area contributed by atoms with Crippen LogP contribution in [-0.4, -0.2) is 30.5 Å². The number of benzene rings is 1. The lowest BCUT2D eigenvalue weighted by Gasteiger charge is -2.25. The molecule has 1 aliphatic rings. The minimum Gasteiger partial charge on any atom is -0.497 e. The van der Waals surface area contributed by atoms with E-state index in [9.17, 15) is 9.59 Å². The van der Waals surface area contributed by atoms with Crippen molar-refractivity contribution >= 4 is 28.8 Å². The molecule has 0 bridgehead atoms. The van der Waals surface area contributed by atoms with Gasteiger partial charge in [-0.1, -0.05) is 0 Å². The third-order valence-corrected chi connectivity index (χ3v) is 5.46.